The van der Waals surface area contributed by atoms with E-state index in [9.17, 15) is 4.79 Å². The van der Waals surface area contributed by atoms with E-state index in [1.54, 1.807) is 6.07 Å². The van der Waals surface area contributed by atoms with Gasteiger partial charge in [-0.1, -0.05) is 62.4 Å². The molecular weight excluding hydrogens is 360 g/mol. The van der Waals surface area contributed by atoms with Crippen molar-refractivity contribution in [1.29, 1.82) is 0 Å². The maximum Gasteiger partial charge on any atom is 0.274 e. The molecule has 0 atom stereocenters. The Morgan fingerprint density at radius 3 is 2.48 bits per heavy atom. The molecule has 0 aliphatic heterocycles. The number of nitrogens with zero attached hydrogens (tertiary/aromatic N) is 2. The fraction of sp³-hybridized carbons (Fsp3) is 0.292. The normalized spacial score (nSPS) is 10.8. The highest BCUT2D eigenvalue weighted by Crippen LogP contribution is 2.24. The number of anilines is 2. The van der Waals surface area contributed by atoms with Crippen molar-refractivity contribution in [1.82, 2.24) is 9.97 Å². The second-order valence-electron chi connectivity index (χ2n) is 7.43. The number of aromatic nitrogens is 2. The van der Waals surface area contributed by atoms with Crippen molar-refractivity contribution in [2.24, 2.45) is 0 Å². The molecule has 0 radical (unpaired) electrons. The maximum atomic E-state index is 12.8. The molecule has 0 bridgehead atoms. The summed E-state index contributed by atoms with van der Waals surface area (Å²) in [5, 5.41) is 6.24. The molecule has 0 aliphatic rings. The molecule has 5 nitrogen and oxygen atoms in total. The second-order valence-corrected chi connectivity index (χ2v) is 7.43. The van der Waals surface area contributed by atoms with E-state index in [-0.39, 0.29) is 5.91 Å². The third kappa shape index (κ3) is 5.88. The minimum atomic E-state index is -0.226. The van der Waals surface area contributed by atoms with E-state index in [4.69, 9.17) is 0 Å². The van der Waals surface area contributed by atoms with Gasteiger partial charge in [0.05, 0.1) is 0 Å². The average molecular weight is 389 g/mol. The molecule has 0 unspecified atom stereocenters. The summed E-state index contributed by atoms with van der Waals surface area (Å²) in [5.41, 5.74) is 4.35. The Morgan fingerprint density at radius 2 is 1.72 bits per heavy atom. The Labute approximate surface area is 172 Å². The van der Waals surface area contributed by atoms with Gasteiger partial charge >= 0.3 is 0 Å². The van der Waals surface area contributed by atoms with Crippen molar-refractivity contribution >= 4 is 17.5 Å². The Balaban J connectivity index is 1.63. The van der Waals surface area contributed by atoms with E-state index in [0.29, 0.717) is 17.6 Å². The number of carbonyl (C=O) groups excluding carboxylic acids is 1. The van der Waals surface area contributed by atoms with E-state index in [1.165, 1.54) is 5.56 Å². The monoisotopic (exact) mass is 388 g/mol. The number of hydrogen-bond acceptors (Lipinski definition) is 4. The van der Waals surface area contributed by atoms with Crippen LogP contribution in [0.2, 0.25) is 0 Å². The van der Waals surface area contributed by atoms with Crippen LogP contribution in [0, 0.1) is 6.92 Å². The van der Waals surface area contributed by atoms with E-state index in [1.807, 2.05) is 37.3 Å². The highest BCUT2D eigenvalue weighted by Gasteiger charge is 2.14. The first kappa shape index (κ1) is 20.5. The van der Waals surface area contributed by atoms with Crippen LogP contribution in [0.3, 0.4) is 0 Å². The molecule has 150 valence electrons. The standard InChI is InChI=1S/C24H28N4O/c1-17(2)20-13-7-8-14-21(20)27-23(29)22-16-18(3)26-24(28-22)25-15-9-12-19-10-5-4-6-11-19/h4-8,10-11,13-14,16-17H,9,12,15H2,1-3H3,(H,27,29)(H,25,26,28). The highest BCUT2D eigenvalue weighted by atomic mass is 16.1. The Bertz CT molecular complexity index is 954. The summed E-state index contributed by atoms with van der Waals surface area (Å²) in [6.07, 6.45) is 1.95. The number of aryl methyl sites for hydroxylation is 2. The fourth-order valence-electron chi connectivity index (χ4n) is 3.20. The minimum absolute atomic E-state index is 0.226. The highest BCUT2D eigenvalue weighted by molar-refractivity contribution is 6.03. The maximum absolute atomic E-state index is 12.8. The van der Waals surface area contributed by atoms with Gasteiger partial charge in [0.15, 0.2) is 0 Å². The molecule has 0 saturated heterocycles. The van der Waals surface area contributed by atoms with Gasteiger partial charge in [-0.25, -0.2) is 9.97 Å². The number of hydrogen-bond donors (Lipinski definition) is 2. The van der Waals surface area contributed by atoms with Crippen LogP contribution in [0.1, 0.15) is 53.5 Å². The van der Waals surface area contributed by atoms with Crippen LogP contribution in [-0.2, 0) is 6.42 Å². The van der Waals surface area contributed by atoms with Crippen molar-refractivity contribution in [3.05, 3.63) is 83.2 Å². The lowest BCUT2D eigenvalue weighted by Crippen LogP contribution is -2.17. The zero-order chi connectivity index (χ0) is 20.6. The van der Waals surface area contributed by atoms with Crippen LogP contribution < -0.4 is 10.6 Å². The third-order valence-corrected chi connectivity index (χ3v) is 4.69. The van der Waals surface area contributed by atoms with Crippen LogP contribution in [0.15, 0.2) is 60.7 Å². The first-order chi connectivity index (χ1) is 14.0. The second kappa shape index (κ2) is 9.82. The van der Waals surface area contributed by atoms with Crippen molar-refractivity contribution in [3.8, 4) is 0 Å². The van der Waals surface area contributed by atoms with Gasteiger partial charge in [0.2, 0.25) is 5.95 Å². The molecule has 5 heteroatoms. The Kier molecular flexibility index (Phi) is 6.95. The molecule has 3 aromatic rings. The van der Waals surface area contributed by atoms with Crippen LogP contribution in [-0.4, -0.2) is 22.4 Å². The van der Waals surface area contributed by atoms with Gasteiger partial charge in [-0.2, -0.15) is 0 Å². The zero-order valence-electron chi connectivity index (χ0n) is 17.3. The van der Waals surface area contributed by atoms with Crippen LogP contribution in [0.5, 0.6) is 0 Å². The molecule has 29 heavy (non-hydrogen) atoms. The quantitative estimate of drug-likeness (QED) is 0.520. The number of benzene rings is 2. The number of carbonyl (C=O) groups is 1. The molecule has 2 aromatic carbocycles. The van der Waals surface area contributed by atoms with Gasteiger partial charge < -0.3 is 10.6 Å². The minimum Gasteiger partial charge on any atom is -0.354 e. The fourth-order valence-corrected chi connectivity index (χ4v) is 3.20. The van der Waals surface area contributed by atoms with E-state index >= 15 is 0 Å². The van der Waals surface area contributed by atoms with E-state index in [0.717, 1.165) is 36.3 Å². The zero-order valence-corrected chi connectivity index (χ0v) is 17.3. The summed E-state index contributed by atoms with van der Waals surface area (Å²) in [6, 6.07) is 19.9. The topological polar surface area (TPSA) is 66.9 Å². The van der Waals surface area contributed by atoms with Crippen LogP contribution in [0.4, 0.5) is 11.6 Å². The van der Waals surface area contributed by atoms with Gasteiger partial charge in [-0.3, -0.25) is 4.79 Å². The largest absolute Gasteiger partial charge is 0.354 e. The smallest absolute Gasteiger partial charge is 0.274 e. The average Bonchev–Trinajstić information content (AvgIpc) is 2.72. The molecule has 1 amide bonds. The van der Waals surface area contributed by atoms with Crippen molar-refractivity contribution < 1.29 is 4.79 Å². The van der Waals surface area contributed by atoms with Crippen LogP contribution in [0.25, 0.3) is 0 Å². The van der Waals surface area contributed by atoms with E-state index < -0.39 is 0 Å². The molecule has 0 aliphatic carbocycles. The first-order valence-corrected chi connectivity index (χ1v) is 10.1. The SMILES string of the molecule is Cc1cc(C(=O)Nc2ccccc2C(C)C)nc(NCCCc2ccccc2)n1. The first-order valence-electron chi connectivity index (χ1n) is 10.1. The Morgan fingerprint density at radius 1 is 1.00 bits per heavy atom. The van der Waals surface area contributed by atoms with Gasteiger partial charge in [0, 0.05) is 17.9 Å². The summed E-state index contributed by atoms with van der Waals surface area (Å²) in [7, 11) is 0. The molecule has 1 aromatic heterocycles. The van der Waals surface area contributed by atoms with Crippen molar-refractivity contribution in [3.63, 3.8) is 0 Å². The van der Waals surface area contributed by atoms with Gasteiger partial charge in [-0.15, -0.1) is 0 Å². The summed E-state index contributed by atoms with van der Waals surface area (Å²) in [5.74, 6) is 0.580. The molecule has 1 heterocycles. The van der Waals surface area contributed by atoms with Crippen molar-refractivity contribution in [2.75, 3.05) is 17.2 Å². The molecule has 0 fully saturated rings. The molecule has 3 rings (SSSR count). The lowest BCUT2D eigenvalue weighted by molar-refractivity contribution is 0.102. The summed E-state index contributed by atoms with van der Waals surface area (Å²) in [4.78, 5) is 21.6. The number of para-hydroxylation sites is 1. The Hall–Kier alpha value is -3.21. The summed E-state index contributed by atoms with van der Waals surface area (Å²) >= 11 is 0. The molecule has 0 saturated carbocycles. The molecule has 2 N–H and O–H groups in total. The van der Waals surface area contributed by atoms with Gasteiger partial charge in [0.25, 0.3) is 5.91 Å². The van der Waals surface area contributed by atoms with Gasteiger partial charge in [-0.05, 0) is 48.9 Å². The molecule has 0 spiro atoms. The summed E-state index contributed by atoms with van der Waals surface area (Å²) < 4.78 is 0. The third-order valence-electron chi connectivity index (χ3n) is 4.69. The van der Waals surface area contributed by atoms with Crippen molar-refractivity contribution in [2.45, 2.75) is 39.5 Å². The van der Waals surface area contributed by atoms with E-state index in [2.05, 4.69) is 58.7 Å². The van der Waals surface area contributed by atoms with Crippen LogP contribution >= 0.6 is 0 Å². The summed E-state index contributed by atoms with van der Waals surface area (Å²) in [6.45, 7) is 6.83. The predicted molar refractivity (Wildman–Crippen MR) is 119 cm³/mol. The molecular formula is C24H28N4O. The lowest BCUT2D eigenvalue weighted by Gasteiger charge is -2.14. The number of nitrogens with one attached hydrogen (secondary N) is 2. The van der Waals surface area contributed by atoms with Gasteiger partial charge in [0.1, 0.15) is 5.69 Å². The number of rotatable bonds is 8. The lowest BCUT2D eigenvalue weighted by atomic mass is 10.0. The number of amides is 1. The predicted octanol–water partition coefficient (Wildman–Crippen LogP) is 5.21.